The third-order valence-electron chi connectivity index (χ3n) is 2.57. The Labute approximate surface area is 79.4 Å². The molecular formula is C10H18O3. The zero-order valence-corrected chi connectivity index (χ0v) is 8.74. The maximum absolute atomic E-state index is 10.5. The lowest BCUT2D eigenvalue weighted by Gasteiger charge is -2.35. The third kappa shape index (κ3) is 1.76. The van der Waals surface area contributed by atoms with Crippen LogP contribution in [0.1, 0.15) is 27.7 Å². The highest BCUT2D eigenvalue weighted by Crippen LogP contribution is 2.37. The van der Waals surface area contributed by atoms with E-state index in [-0.39, 0.29) is 17.9 Å². The smallest absolute Gasteiger partial charge is 0.173 e. The Bertz CT molecular complexity index is 179. The zero-order chi connectivity index (χ0) is 10.1. The van der Waals surface area contributed by atoms with Crippen molar-refractivity contribution in [2.45, 2.75) is 39.6 Å². The van der Waals surface area contributed by atoms with Gasteiger partial charge in [0.1, 0.15) is 6.10 Å². The van der Waals surface area contributed by atoms with Gasteiger partial charge in [-0.3, -0.25) is 0 Å². The maximum atomic E-state index is 10.5. The van der Waals surface area contributed by atoms with Crippen LogP contribution < -0.4 is 0 Å². The number of aldehydes is 1. The summed E-state index contributed by atoms with van der Waals surface area (Å²) in [5.41, 5.74) is 0. The second-order valence-electron chi connectivity index (χ2n) is 4.13. The molecule has 0 spiro atoms. The number of carbonyl (C=O) groups is 1. The zero-order valence-electron chi connectivity index (χ0n) is 8.74. The first-order valence-corrected chi connectivity index (χ1v) is 4.80. The fourth-order valence-electron chi connectivity index (χ4n) is 1.86. The van der Waals surface area contributed by atoms with E-state index in [1.165, 1.54) is 0 Å². The molecule has 0 N–H and O–H groups in total. The molecule has 0 unspecified atom stereocenters. The monoisotopic (exact) mass is 186 g/mol. The summed E-state index contributed by atoms with van der Waals surface area (Å²) in [5.74, 6) is -0.0409. The Kier molecular flexibility index (Phi) is 3.09. The SMILES string of the molecule is CC(C)C1(C(C)C)OC[C@H](C=O)O1. The van der Waals surface area contributed by atoms with Crippen LogP contribution in [0.15, 0.2) is 0 Å². The van der Waals surface area contributed by atoms with E-state index in [9.17, 15) is 4.79 Å². The third-order valence-corrected chi connectivity index (χ3v) is 2.57. The summed E-state index contributed by atoms with van der Waals surface area (Å²) >= 11 is 0. The molecule has 1 heterocycles. The number of hydrogen-bond acceptors (Lipinski definition) is 3. The fraction of sp³-hybridized carbons (Fsp3) is 0.900. The van der Waals surface area contributed by atoms with Gasteiger partial charge in [-0.2, -0.15) is 0 Å². The van der Waals surface area contributed by atoms with Crippen LogP contribution in [0.3, 0.4) is 0 Å². The molecule has 1 aliphatic heterocycles. The topological polar surface area (TPSA) is 35.5 Å². The molecule has 1 rings (SSSR count). The minimum absolute atomic E-state index is 0.262. The highest BCUT2D eigenvalue weighted by Gasteiger charge is 2.46. The largest absolute Gasteiger partial charge is 0.346 e. The van der Waals surface area contributed by atoms with Crippen molar-refractivity contribution in [3.63, 3.8) is 0 Å². The number of ether oxygens (including phenoxy) is 2. The Morgan fingerprint density at radius 1 is 1.31 bits per heavy atom. The highest BCUT2D eigenvalue weighted by molar-refractivity contribution is 5.56. The molecule has 0 saturated carbocycles. The van der Waals surface area contributed by atoms with Gasteiger partial charge in [-0.25, -0.2) is 0 Å². The Hall–Kier alpha value is -0.410. The van der Waals surface area contributed by atoms with Crippen LogP contribution in [0.4, 0.5) is 0 Å². The van der Waals surface area contributed by atoms with Crippen molar-refractivity contribution in [1.82, 2.24) is 0 Å². The average Bonchev–Trinajstić information content (AvgIpc) is 2.48. The Morgan fingerprint density at radius 2 is 1.85 bits per heavy atom. The lowest BCUT2D eigenvalue weighted by Crippen LogP contribution is -2.42. The summed E-state index contributed by atoms with van der Waals surface area (Å²) in [6.07, 6.45) is 0.428. The van der Waals surface area contributed by atoms with Gasteiger partial charge in [-0.05, 0) is 0 Å². The lowest BCUT2D eigenvalue weighted by molar-refractivity contribution is -0.223. The molecule has 76 valence electrons. The summed E-state index contributed by atoms with van der Waals surface area (Å²) < 4.78 is 11.2. The normalized spacial score (nSPS) is 27.1. The van der Waals surface area contributed by atoms with Gasteiger partial charge in [0.05, 0.1) is 6.61 Å². The summed E-state index contributed by atoms with van der Waals surface area (Å²) in [4.78, 5) is 10.5. The van der Waals surface area contributed by atoms with E-state index in [1.807, 2.05) is 27.7 Å². The van der Waals surface area contributed by atoms with E-state index in [1.54, 1.807) is 0 Å². The molecule has 0 aliphatic carbocycles. The van der Waals surface area contributed by atoms with E-state index in [0.29, 0.717) is 6.61 Å². The summed E-state index contributed by atoms with van der Waals surface area (Å²) in [5, 5.41) is 0. The van der Waals surface area contributed by atoms with Gasteiger partial charge in [0.2, 0.25) is 0 Å². The maximum Gasteiger partial charge on any atom is 0.173 e. The second-order valence-corrected chi connectivity index (χ2v) is 4.13. The molecule has 1 aliphatic rings. The number of hydrogen-bond donors (Lipinski definition) is 0. The van der Waals surface area contributed by atoms with Gasteiger partial charge >= 0.3 is 0 Å². The first-order chi connectivity index (χ1) is 6.03. The van der Waals surface area contributed by atoms with Gasteiger partial charge < -0.3 is 14.3 Å². The first-order valence-electron chi connectivity index (χ1n) is 4.80. The van der Waals surface area contributed by atoms with Gasteiger partial charge in [0.15, 0.2) is 12.1 Å². The highest BCUT2D eigenvalue weighted by atomic mass is 16.7. The number of carbonyl (C=O) groups excluding carboxylic acids is 1. The van der Waals surface area contributed by atoms with Crippen molar-refractivity contribution in [2.24, 2.45) is 11.8 Å². The molecular weight excluding hydrogens is 168 g/mol. The predicted octanol–water partition coefficient (Wildman–Crippen LogP) is 1.61. The first kappa shape index (κ1) is 10.7. The van der Waals surface area contributed by atoms with Crippen molar-refractivity contribution in [3.05, 3.63) is 0 Å². The molecule has 1 fully saturated rings. The minimum Gasteiger partial charge on any atom is -0.346 e. The predicted molar refractivity (Wildman–Crippen MR) is 49.3 cm³/mol. The van der Waals surface area contributed by atoms with Crippen molar-refractivity contribution < 1.29 is 14.3 Å². The molecule has 13 heavy (non-hydrogen) atoms. The molecule has 0 aromatic rings. The Morgan fingerprint density at radius 3 is 2.08 bits per heavy atom. The second kappa shape index (κ2) is 3.76. The van der Waals surface area contributed by atoms with E-state index < -0.39 is 5.79 Å². The molecule has 0 amide bonds. The van der Waals surface area contributed by atoms with Crippen molar-refractivity contribution in [1.29, 1.82) is 0 Å². The van der Waals surface area contributed by atoms with E-state index in [2.05, 4.69) is 0 Å². The molecule has 0 aromatic carbocycles. The average molecular weight is 186 g/mol. The summed E-state index contributed by atoms with van der Waals surface area (Å²) in [6.45, 7) is 8.58. The van der Waals surface area contributed by atoms with Crippen LogP contribution in [0.5, 0.6) is 0 Å². The van der Waals surface area contributed by atoms with Crippen LogP contribution in [0, 0.1) is 11.8 Å². The van der Waals surface area contributed by atoms with E-state index in [4.69, 9.17) is 9.47 Å². The van der Waals surface area contributed by atoms with E-state index in [0.717, 1.165) is 6.29 Å². The fourth-order valence-corrected chi connectivity index (χ4v) is 1.86. The number of rotatable bonds is 3. The van der Waals surface area contributed by atoms with Crippen LogP contribution >= 0.6 is 0 Å². The van der Waals surface area contributed by atoms with Crippen molar-refractivity contribution in [2.75, 3.05) is 6.61 Å². The quantitative estimate of drug-likeness (QED) is 0.628. The summed E-state index contributed by atoms with van der Waals surface area (Å²) in [7, 11) is 0. The Balaban J connectivity index is 2.77. The molecule has 3 nitrogen and oxygen atoms in total. The van der Waals surface area contributed by atoms with Crippen molar-refractivity contribution >= 4 is 6.29 Å². The van der Waals surface area contributed by atoms with Crippen LogP contribution in [0.2, 0.25) is 0 Å². The molecule has 0 aromatic heterocycles. The standard InChI is InChI=1S/C10H18O3/c1-7(2)10(8(3)4)12-6-9(5-11)13-10/h5,7-9H,6H2,1-4H3/t9-/m0/s1. The van der Waals surface area contributed by atoms with Crippen LogP contribution in [-0.4, -0.2) is 24.8 Å². The minimum atomic E-state index is -0.564. The van der Waals surface area contributed by atoms with Gasteiger partial charge in [-0.15, -0.1) is 0 Å². The molecule has 0 bridgehead atoms. The lowest BCUT2D eigenvalue weighted by atomic mass is 9.91. The molecule has 0 radical (unpaired) electrons. The molecule has 1 saturated heterocycles. The van der Waals surface area contributed by atoms with Crippen LogP contribution in [0.25, 0.3) is 0 Å². The molecule has 3 heteroatoms. The van der Waals surface area contributed by atoms with Crippen LogP contribution in [-0.2, 0) is 14.3 Å². The van der Waals surface area contributed by atoms with Crippen molar-refractivity contribution in [3.8, 4) is 0 Å². The van der Waals surface area contributed by atoms with Gasteiger partial charge in [0, 0.05) is 11.8 Å². The summed E-state index contributed by atoms with van der Waals surface area (Å²) in [6, 6.07) is 0. The van der Waals surface area contributed by atoms with Gasteiger partial charge in [0.25, 0.3) is 0 Å². The molecule has 1 atom stereocenters. The van der Waals surface area contributed by atoms with Gasteiger partial charge in [-0.1, -0.05) is 27.7 Å². The van der Waals surface area contributed by atoms with E-state index >= 15 is 0 Å².